The Kier molecular flexibility index (Phi) is 7.49. The molecule has 2 aromatic carbocycles. The zero-order valence-electron chi connectivity index (χ0n) is 14.8. The van der Waals surface area contributed by atoms with E-state index in [2.05, 4.69) is 26.0 Å². The average Bonchev–Trinajstić information content (AvgIpc) is 2.62. The fourth-order valence-corrected chi connectivity index (χ4v) is 3.78. The largest absolute Gasteiger partial charge is 0.383 e. The molecule has 2 N–H and O–H groups in total. The highest BCUT2D eigenvalue weighted by Gasteiger charge is 2.19. The lowest BCUT2D eigenvalue weighted by Crippen LogP contribution is -2.29. The summed E-state index contributed by atoms with van der Waals surface area (Å²) in [6.45, 7) is 2.11. The standard InChI is InChI=1S/C18H20BrFN2O4S/c1-12(13-3-5-14(20)6-4-13)22-18(23)16-11-15(7-8-17(16)19)27(24,25)21-9-10-26-2/h3-8,11-12,21H,9-10H2,1-2H3,(H,22,23). The van der Waals surface area contributed by atoms with Crippen molar-refractivity contribution in [3.63, 3.8) is 0 Å². The second-order valence-corrected chi connectivity index (χ2v) is 8.40. The monoisotopic (exact) mass is 458 g/mol. The summed E-state index contributed by atoms with van der Waals surface area (Å²) >= 11 is 3.27. The lowest BCUT2D eigenvalue weighted by atomic mass is 10.1. The number of halogens is 2. The first-order valence-corrected chi connectivity index (χ1v) is 10.4. The SMILES string of the molecule is COCCNS(=O)(=O)c1ccc(Br)c(C(=O)NC(C)c2ccc(F)cc2)c1. The molecule has 2 rings (SSSR count). The van der Waals surface area contributed by atoms with Crippen molar-refractivity contribution in [2.45, 2.75) is 17.9 Å². The number of benzene rings is 2. The van der Waals surface area contributed by atoms with Crippen molar-refractivity contribution in [1.82, 2.24) is 10.0 Å². The Morgan fingerprint density at radius 2 is 1.89 bits per heavy atom. The fourth-order valence-electron chi connectivity index (χ4n) is 2.32. The Morgan fingerprint density at radius 1 is 1.22 bits per heavy atom. The molecular weight excluding hydrogens is 439 g/mol. The van der Waals surface area contributed by atoms with Crippen LogP contribution in [0.25, 0.3) is 0 Å². The number of carbonyl (C=O) groups is 1. The summed E-state index contributed by atoms with van der Waals surface area (Å²) in [5.74, 6) is -0.813. The lowest BCUT2D eigenvalue weighted by Gasteiger charge is -2.16. The van der Waals surface area contributed by atoms with E-state index < -0.39 is 15.9 Å². The van der Waals surface area contributed by atoms with Crippen molar-refractivity contribution in [2.75, 3.05) is 20.3 Å². The quantitative estimate of drug-likeness (QED) is 0.595. The Labute approximate surface area is 166 Å². The van der Waals surface area contributed by atoms with Gasteiger partial charge in [-0.3, -0.25) is 4.79 Å². The molecule has 0 aliphatic rings. The van der Waals surface area contributed by atoms with E-state index in [0.29, 0.717) is 4.47 Å². The number of hydrogen-bond acceptors (Lipinski definition) is 4. The molecule has 9 heteroatoms. The molecule has 6 nitrogen and oxygen atoms in total. The number of rotatable bonds is 8. The van der Waals surface area contributed by atoms with Crippen LogP contribution in [-0.2, 0) is 14.8 Å². The van der Waals surface area contributed by atoms with Gasteiger partial charge in [0.15, 0.2) is 0 Å². The molecule has 0 aliphatic carbocycles. The van der Waals surface area contributed by atoms with Crippen LogP contribution in [0, 0.1) is 5.82 Å². The number of carbonyl (C=O) groups excluding carboxylic acids is 1. The Balaban J connectivity index is 2.19. The molecule has 146 valence electrons. The first-order chi connectivity index (χ1) is 12.7. The predicted octanol–water partition coefficient (Wildman–Crippen LogP) is 3.00. The molecule has 1 atom stereocenters. The molecule has 0 fully saturated rings. The fraction of sp³-hybridized carbons (Fsp3) is 0.278. The molecule has 0 heterocycles. The van der Waals surface area contributed by atoms with Crippen LogP contribution < -0.4 is 10.0 Å². The summed E-state index contributed by atoms with van der Waals surface area (Å²) in [5.41, 5.74) is 0.907. The minimum absolute atomic E-state index is 0.0265. The van der Waals surface area contributed by atoms with Crippen LogP contribution in [0.3, 0.4) is 0 Å². The molecule has 0 saturated heterocycles. The molecule has 1 unspecified atom stereocenters. The smallest absolute Gasteiger partial charge is 0.252 e. The zero-order valence-corrected chi connectivity index (χ0v) is 17.2. The first-order valence-electron chi connectivity index (χ1n) is 8.09. The molecule has 0 bridgehead atoms. The van der Waals surface area contributed by atoms with Crippen LogP contribution in [0.1, 0.15) is 28.9 Å². The van der Waals surface area contributed by atoms with Gasteiger partial charge in [-0.1, -0.05) is 12.1 Å². The third-order valence-electron chi connectivity index (χ3n) is 3.81. The molecule has 0 aromatic heterocycles. The maximum absolute atomic E-state index is 13.0. The number of sulfonamides is 1. The molecular formula is C18H20BrFN2O4S. The van der Waals surface area contributed by atoms with E-state index in [4.69, 9.17) is 4.74 Å². The second-order valence-electron chi connectivity index (χ2n) is 5.78. The minimum Gasteiger partial charge on any atom is -0.383 e. The highest BCUT2D eigenvalue weighted by atomic mass is 79.9. The van der Waals surface area contributed by atoms with Gasteiger partial charge in [-0.05, 0) is 58.7 Å². The van der Waals surface area contributed by atoms with Crippen molar-refractivity contribution in [3.8, 4) is 0 Å². The Hall–Kier alpha value is -1.81. The number of amides is 1. The van der Waals surface area contributed by atoms with Gasteiger partial charge in [-0.15, -0.1) is 0 Å². The van der Waals surface area contributed by atoms with Crippen LogP contribution in [0.5, 0.6) is 0 Å². The van der Waals surface area contributed by atoms with E-state index in [1.807, 2.05) is 0 Å². The second kappa shape index (κ2) is 9.41. The van der Waals surface area contributed by atoms with Crippen molar-refractivity contribution in [3.05, 3.63) is 63.9 Å². The number of hydrogen-bond donors (Lipinski definition) is 2. The van der Waals surface area contributed by atoms with Crippen LogP contribution >= 0.6 is 15.9 Å². The predicted molar refractivity (Wildman–Crippen MR) is 103 cm³/mol. The average molecular weight is 459 g/mol. The summed E-state index contributed by atoms with van der Waals surface area (Å²) < 4.78 is 45.4. The van der Waals surface area contributed by atoms with Crippen LogP contribution in [0.2, 0.25) is 0 Å². The van der Waals surface area contributed by atoms with Crippen LogP contribution in [0.4, 0.5) is 4.39 Å². The maximum Gasteiger partial charge on any atom is 0.252 e. The van der Waals surface area contributed by atoms with Crippen molar-refractivity contribution in [1.29, 1.82) is 0 Å². The van der Waals surface area contributed by atoms with E-state index >= 15 is 0 Å². The topological polar surface area (TPSA) is 84.5 Å². The summed E-state index contributed by atoms with van der Waals surface area (Å²) in [6.07, 6.45) is 0. The summed E-state index contributed by atoms with van der Waals surface area (Å²) in [6, 6.07) is 9.60. The van der Waals surface area contributed by atoms with Gasteiger partial charge in [0, 0.05) is 18.1 Å². The van der Waals surface area contributed by atoms with Crippen LogP contribution in [-0.4, -0.2) is 34.6 Å². The number of nitrogens with one attached hydrogen (secondary N) is 2. The summed E-state index contributed by atoms with van der Waals surface area (Å²) in [7, 11) is -2.29. The minimum atomic E-state index is -3.76. The van der Waals surface area contributed by atoms with Gasteiger partial charge in [0.25, 0.3) is 5.91 Å². The van der Waals surface area contributed by atoms with Gasteiger partial charge in [0.1, 0.15) is 5.82 Å². The third-order valence-corrected chi connectivity index (χ3v) is 5.96. The highest BCUT2D eigenvalue weighted by Crippen LogP contribution is 2.22. The van der Waals surface area contributed by atoms with Gasteiger partial charge in [0.2, 0.25) is 10.0 Å². The van der Waals surface area contributed by atoms with Crippen molar-refractivity contribution in [2.24, 2.45) is 0 Å². The number of ether oxygens (including phenoxy) is 1. The molecule has 27 heavy (non-hydrogen) atoms. The molecule has 2 aromatic rings. The lowest BCUT2D eigenvalue weighted by molar-refractivity contribution is 0.0939. The van der Waals surface area contributed by atoms with E-state index in [1.54, 1.807) is 19.1 Å². The van der Waals surface area contributed by atoms with Gasteiger partial charge >= 0.3 is 0 Å². The Morgan fingerprint density at radius 3 is 2.52 bits per heavy atom. The van der Waals surface area contributed by atoms with Gasteiger partial charge in [-0.25, -0.2) is 17.5 Å². The van der Waals surface area contributed by atoms with Gasteiger partial charge in [-0.2, -0.15) is 0 Å². The molecule has 0 aliphatic heterocycles. The van der Waals surface area contributed by atoms with E-state index in [1.165, 1.54) is 37.4 Å². The first kappa shape index (κ1) is 21.5. The van der Waals surface area contributed by atoms with Crippen LogP contribution in [0.15, 0.2) is 51.8 Å². The zero-order chi connectivity index (χ0) is 20.0. The maximum atomic E-state index is 13.0. The van der Waals surface area contributed by atoms with E-state index in [-0.39, 0.29) is 35.5 Å². The Bertz CT molecular complexity index is 904. The normalized spacial score (nSPS) is 12.6. The van der Waals surface area contributed by atoms with E-state index in [0.717, 1.165) is 5.56 Å². The molecule has 0 radical (unpaired) electrons. The molecule has 0 saturated carbocycles. The molecule has 1 amide bonds. The van der Waals surface area contributed by atoms with Crippen molar-refractivity contribution >= 4 is 31.9 Å². The van der Waals surface area contributed by atoms with Crippen molar-refractivity contribution < 1.29 is 22.3 Å². The highest BCUT2D eigenvalue weighted by molar-refractivity contribution is 9.10. The van der Waals surface area contributed by atoms with E-state index in [9.17, 15) is 17.6 Å². The summed E-state index contributed by atoms with van der Waals surface area (Å²) in [4.78, 5) is 12.6. The third kappa shape index (κ3) is 5.83. The van der Waals surface area contributed by atoms with Gasteiger partial charge < -0.3 is 10.1 Å². The van der Waals surface area contributed by atoms with Gasteiger partial charge in [0.05, 0.1) is 23.1 Å². The number of methoxy groups -OCH3 is 1. The molecule has 0 spiro atoms. The summed E-state index contributed by atoms with van der Waals surface area (Å²) in [5, 5.41) is 2.78.